The number of nitrogens with zero attached hydrogens (tertiary/aromatic N) is 2. The topological polar surface area (TPSA) is 63.6 Å². The Kier molecular flexibility index (Phi) is 6.80. The van der Waals surface area contributed by atoms with Gasteiger partial charge in [-0.25, -0.2) is 0 Å². The predicted molar refractivity (Wildman–Crippen MR) is 123 cm³/mol. The maximum absolute atomic E-state index is 13.1. The summed E-state index contributed by atoms with van der Waals surface area (Å²) in [6.07, 6.45) is 0.822. The van der Waals surface area contributed by atoms with E-state index in [4.69, 9.17) is 4.74 Å². The lowest BCUT2D eigenvalue weighted by Gasteiger charge is -2.18. The van der Waals surface area contributed by atoms with Crippen molar-refractivity contribution in [2.45, 2.75) is 27.2 Å². The molecule has 1 N–H and O–H groups in total. The molecule has 0 spiro atoms. The number of likely N-dealkylation sites (N-methyl/N-ethyl adjacent to an activating group) is 1. The molecule has 0 unspecified atom stereocenters. The van der Waals surface area contributed by atoms with Crippen LogP contribution >= 0.6 is 0 Å². The highest BCUT2D eigenvalue weighted by Crippen LogP contribution is 2.23. The van der Waals surface area contributed by atoms with Gasteiger partial charge in [0.05, 0.1) is 19.2 Å². The van der Waals surface area contributed by atoms with Crippen molar-refractivity contribution in [2.24, 2.45) is 0 Å². The Morgan fingerprint density at radius 3 is 2.39 bits per heavy atom. The minimum Gasteiger partial charge on any atom is -0.497 e. The van der Waals surface area contributed by atoms with Gasteiger partial charge in [0, 0.05) is 29.8 Å². The van der Waals surface area contributed by atoms with Crippen molar-refractivity contribution in [3.05, 3.63) is 77.1 Å². The molecule has 1 aromatic heterocycles. The van der Waals surface area contributed by atoms with Crippen LogP contribution in [-0.2, 0) is 11.2 Å². The molecule has 6 heteroatoms. The first-order chi connectivity index (χ1) is 14.8. The molecule has 0 aliphatic carbocycles. The highest BCUT2D eigenvalue weighted by Gasteiger charge is 2.21. The maximum Gasteiger partial charge on any atom is 0.255 e. The Balaban J connectivity index is 1.75. The summed E-state index contributed by atoms with van der Waals surface area (Å²) in [6, 6.07) is 17.2. The molecule has 162 valence electrons. The number of methoxy groups -OCH3 is 1. The van der Waals surface area contributed by atoms with Gasteiger partial charge in [0.1, 0.15) is 5.75 Å². The van der Waals surface area contributed by atoms with Crippen LogP contribution in [0.15, 0.2) is 54.6 Å². The fraction of sp³-hybridized carbons (Fsp3) is 0.280. The number of amides is 2. The van der Waals surface area contributed by atoms with Crippen molar-refractivity contribution in [3.63, 3.8) is 0 Å². The van der Waals surface area contributed by atoms with E-state index in [-0.39, 0.29) is 18.4 Å². The van der Waals surface area contributed by atoms with Gasteiger partial charge >= 0.3 is 0 Å². The van der Waals surface area contributed by atoms with Crippen LogP contribution in [0, 0.1) is 13.8 Å². The Morgan fingerprint density at radius 2 is 1.74 bits per heavy atom. The second kappa shape index (κ2) is 9.51. The van der Waals surface area contributed by atoms with Crippen molar-refractivity contribution in [1.82, 2.24) is 9.47 Å². The number of anilines is 1. The fourth-order valence-corrected chi connectivity index (χ4v) is 3.74. The standard InChI is InChI=1S/C25H29N3O3/c1-6-19-9-7-8-10-23(19)26-24(29)16-27(4)25(30)22-15-17(2)28(18(22)3)20-11-13-21(31-5)14-12-20/h7-15H,6,16H2,1-5H3,(H,26,29). The van der Waals surface area contributed by atoms with Gasteiger partial charge in [-0.15, -0.1) is 0 Å². The number of nitrogens with one attached hydrogen (secondary N) is 1. The lowest BCUT2D eigenvalue weighted by atomic mass is 10.1. The summed E-state index contributed by atoms with van der Waals surface area (Å²) < 4.78 is 7.25. The fourth-order valence-electron chi connectivity index (χ4n) is 3.74. The summed E-state index contributed by atoms with van der Waals surface area (Å²) in [5, 5.41) is 2.92. The summed E-state index contributed by atoms with van der Waals surface area (Å²) >= 11 is 0. The lowest BCUT2D eigenvalue weighted by molar-refractivity contribution is -0.116. The molecular formula is C25H29N3O3. The quantitative estimate of drug-likeness (QED) is 0.618. The number of carbonyl (C=O) groups is 2. The average molecular weight is 420 g/mol. The monoisotopic (exact) mass is 419 g/mol. The molecule has 1 heterocycles. The van der Waals surface area contributed by atoms with Crippen LogP contribution in [0.25, 0.3) is 5.69 Å². The summed E-state index contributed by atoms with van der Waals surface area (Å²) in [6.45, 7) is 5.89. The molecule has 0 saturated carbocycles. The van der Waals surface area contributed by atoms with Gasteiger partial charge in [0.15, 0.2) is 0 Å². The zero-order valence-corrected chi connectivity index (χ0v) is 18.7. The number of rotatable bonds is 7. The van der Waals surface area contributed by atoms with E-state index in [0.29, 0.717) is 5.56 Å². The second-order valence-corrected chi connectivity index (χ2v) is 7.54. The van der Waals surface area contributed by atoms with Gasteiger partial charge in [-0.3, -0.25) is 9.59 Å². The zero-order chi connectivity index (χ0) is 22.5. The van der Waals surface area contributed by atoms with Gasteiger partial charge in [-0.2, -0.15) is 0 Å². The Bertz CT molecular complexity index is 1080. The molecule has 0 aliphatic rings. The largest absolute Gasteiger partial charge is 0.497 e. The van der Waals surface area contributed by atoms with Crippen LogP contribution in [0.1, 0.15) is 34.2 Å². The maximum atomic E-state index is 13.1. The van der Waals surface area contributed by atoms with E-state index >= 15 is 0 Å². The first-order valence-electron chi connectivity index (χ1n) is 10.3. The van der Waals surface area contributed by atoms with Crippen LogP contribution in [0.2, 0.25) is 0 Å². The van der Waals surface area contributed by atoms with Crippen LogP contribution in [0.5, 0.6) is 5.75 Å². The van der Waals surface area contributed by atoms with Gasteiger partial charge in [0.2, 0.25) is 5.91 Å². The Labute approximate surface area is 183 Å². The van der Waals surface area contributed by atoms with Crippen LogP contribution in [-0.4, -0.2) is 42.0 Å². The van der Waals surface area contributed by atoms with Crippen LogP contribution < -0.4 is 10.1 Å². The van der Waals surface area contributed by atoms with Crippen molar-refractivity contribution < 1.29 is 14.3 Å². The third-order valence-electron chi connectivity index (χ3n) is 5.39. The summed E-state index contributed by atoms with van der Waals surface area (Å²) in [5.74, 6) is 0.366. The molecule has 0 aliphatic heterocycles. The number of aryl methyl sites for hydroxylation is 2. The molecule has 6 nitrogen and oxygen atoms in total. The van der Waals surface area contributed by atoms with Gasteiger partial charge < -0.3 is 19.5 Å². The number of carbonyl (C=O) groups excluding carboxylic acids is 2. The van der Waals surface area contributed by atoms with E-state index in [1.165, 1.54) is 4.90 Å². The minimum atomic E-state index is -0.222. The number of benzene rings is 2. The molecule has 2 aromatic carbocycles. The van der Waals surface area contributed by atoms with E-state index in [9.17, 15) is 9.59 Å². The zero-order valence-electron chi connectivity index (χ0n) is 18.7. The molecule has 0 bridgehead atoms. The third-order valence-corrected chi connectivity index (χ3v) is 5.39. The molecule has 31 heavy (non-hydrogen) atoms. The number of hydrogen-bond acceptors (Lipinski definition) is 3. The first kappa shape index (κ1) is 22.2. The SMILES string of the molecule is CCc1ccccc1NC(=O)CN(C)C(=O)c1cc(C)n(-c2ccc(OC)cc2)c1C. The van der Waals surface area contributed by atoms with Gasteiger partial charge in [-0.05, 0) is 62.2 Å². The highest BCUT2D eigenvalue weighted by molar-refractivity contribution is 6.00. The molecule has 0 radical (unpaired) electrons. The number of para-hydroxylation sites is 1. The van der Waals surface area contributed by atoms with E-state index in [1.807, 2.05) is 79.9 Å². The molecule has 0 saturated heterocycles. The molecule has 0 fully saturated rings. The van der Waals surface area contributed by atoms with Crippen molar-refractivity contribution in [3.8, 4) is 11.4 Å². The van der Waals surface area contributed by atoms with Crippen molar-refractivity contribution in [2.75, 3.05) is 26.0 Å². The summed E-state index contributed by atoms with van der Waals surface area (Å²) in [7, 11) is 3.28. The van der Waals surface area contributed by atoms with Crippen molar-refractivity contribution in [1.29, 1.82) is 0 Å². The number of aromatic nitrogens is 1. The first-order valence-corrected chi connectivity index (χ1v) is 10.3. The highest BCUT2D eigenvalue weighted by atomic mass is 16.5. The van der Waals surface area contributed by atoms with E-state index in [0.717, 1.165) is 40.5 Å². The Morgan fingerprint density at radius 1 is 1.06 bits per heavy atom. The van der Waals surface area contributed by atoms with E-state index < -0.39 is 0 Å². The van der Waals surface area contributed by atoms with E-state index in [1.54, 1.807) is 14.2 Å². The lowest BCUT2D eigenvalue weighted by Crippen LogP contribution is -2.35. The minimum absolute atomic E-state index is 0.0247. The predicted octanol–water partition coefficient (Wildman–Crippen LogP) is 4.38. The number of hydrogen-bond donors (Lipinski definition) is 1. The van der Waals surface area contributed by atoms with Crippen molar-refractivity contribution >= 4 is 17.5 Å². The smallest absolute Gasteiger partial charge is 0.255 e. The molecule has 3 aromatic rings. The number of ether oxygens (including phenoxy) is 1. The van der Waals surface area contributed by atoms with Gasteiger partial charge in [0.25, 0.3) is 5.91 Å². The van der Waals surface area contributed by atoms with E-state index in [2.05, 4.69) is 5.32 Å². The Hall–Kier alpha value is -3.54. The summed E-state index contributed by atoms with van der Waals surface area (Å²) in [4.78, 5) is 27.1. The van der Waals surface area contributed by atoms with Gasteiger partial charge in [-0.1, -0.05) is 25.1 Å². The summed E-state index contributed by atoms with van der Waals surface area (Å²) in [5.41, 5.74) is 5.15. The second-order valence-electron chi connectivity index (χ2n) is 7.54. The molecule has 0 atom stereocenters. The molecular weight excluding hydrogens is 390 g/mol. The average Bonchev–Trinajstić information content (AvgIpc) is 3.07. The van der Waals surface area contributed by atoms with Crippen LogP contribution in [0.3, 0.4) is 0 Å². The normalized spacial score (nSPS) is 10.6. The van der Waals surface area contributed by atoms with Crippen LogP contribution in [0.4, 0.5) is 5.69 Å². The third kappa shape index (κ3) is 4.79. The molecule has 3 rings (SSSR count). The molecule has 2 amide bonds.